The third kappa shape index (κ3) is 5.44. The molecule has 5 aromatic carbocycles. The molecule has 0 spiro atoms. The summed E-state index contributed by atoms with van der Waals surface area (Å²) < 4.78 is 2.40. The Labute approximate surface area is 316 Å². The van der Waals surface area contributed by atoms with Crippen LogP contribution in [0.5, 0.6) is 0 Å². The second-order valence-electron chi connectivity index (χ2n) is 14.8. The zero-order chi connectivity index (χ0) is 37.0. The average Bonchev–Trinajstić information content (AvgIpc) is 3.67. The van der Waals surface area contributed by atoms with Crippen LogP contribution in [-0.2, 0) is 5.41 Å². The van der Waals surface area contributed by atoms with Gasteiger partial charge in [0.25, 0.3) is 0 Å². The lowest BCUT2D eigenvalue weighted by Gasteiger charge is -2.24. The molecule has 0 aliphatic heterocycles. The Hall–Kier alpha value is -6.57. The Morgan fingerprint density at radius 2 is 1.54 bits per heavy atom. The molecule has 0 atom stereocenters. The van der Waals surface area contributed by atoms with Gasteiger partial charge in [0.2, 0.25) is 0 Å². The fraction of sp³-hybridized carbons (Fsp3) is 0.140. The normalized spacial score (nSPS) is 14.7. The number of fused-ring (bicyclic) bond motifs is 4. The first kappa shape index (κ1) is 33.3. The summed E-state index contributed by atoms with van der Waals surface area (Å²) >= 11 is 0. The Balaban J connectivity index is 1.34. The molecule has 2 aromatic heterocycles. The van der Waals surface area contributed by atoms with E-state index in [0.29, 0.717) is 11.4 Å². The van der Waals surface area contributed by atoms with Crippen LogP contribution in [0.1, 0.15) is 62.4 Å². The number of nitrogens with zero attached hydrogens (tertiary/aromatic N) is 4. The number of nitriles is 1. The average molecular weight is 697 g/mol. The highest BCUT2D eigenvalue weighted by molar-refractivity contribution is 6.11. The predicted octanol–water partition coefficient (Wildman–Crippen LogP) is 12.8. The molecule has 0 saturated heterocycles. The van der Waals surface area contributed by atoms with Crippen molar-refractivity contribution in [2.24, 2.45) is 0 Å². The summed E-state index contributed by atoms with van der Waals surface area (Å²) in [6, 6.07) is 42.7. The molecule has 0 saturated carbocycles. The van der Waals surface area contributed by atoms with Gasteiger partial charge in [-0.15, -0.1) is 0 Å². The van der Waals surface area contributed by atoms with E-state index in [1.165, 1.54) is 33.0 Å². The highest BCUT2D eigenvalue weighted by atomic mass is 15.0. The summed E-state index contributed by atoms with van der Waals surface area (Å²) in [5.41, 5.74) is 15.8. The topological polar surface area (TPSA) is 54.5 Å². The molecule has 2 aliphatic rings. The van der Waals surface area contributed by atoms with Gasteiger partial charge >= 0.3 is 0 Å². The standard InChI is InChI=1S/C50H40N4/c1-5-39-41-28-42-40-22-13-14-23-47(40)54(48(42)29-44(41)50(3,4)43(39)6-2)38-26-36(35-21-15-16-32(24-35)31-51)25-37(27-38)49-52-45(33-17-9-7-10-18-33)30-46(53-49)34-19-11-8-12-20-34/h5,7,9-11,13-30H,1,6,8,12H2,2-4H3. The Kier molecular flexibility index (Phi) is 8.09. The van der Waals surface area contributed by atoms with Gasteiger partial charge in [0.15, 0.2) is 5.82 Å². The highest BCUT2D eigenvalue weighted by Gasteiger charge is 2.36. The van der Waals surface area contributed by atoms with Crippen LogP contribution in [0, 0.1) is 11.3 Å². The fourth-order valence-electron chi connectivity index (χ4n) is 8.65. The molecule has 0 amide bonds. The monoisotopic (exact) mass is 696 g/mol. The van der Waals surface area contributed by atoms with E-state index in [4.69, 9.17) is 9.97 Å². The van der Waals surface area contributed by atoms with Crippen LogP contribution in [0.15, 0.2) is 152 Å². The van der Waals surface area contributed by atoms with Crippen molar-refractivity contribution in [2.75, 3.05) is 0 Å². The molecule has 4 heteroatoms. The van der Waals surface area contributed by atoms with Gasteiger partial charge in [-0.3, -0.25) is 0 Å². The maximum atomic E-state index is 9.87. The zero-order valence-corrected chi connectivity index (χ0v) is 30.9. The molecular formula is C50H40N4. The van der Waals surface area contributed by atoms with E-state index in [-0.39, 0.29) is 5.41 Å². The van der Waals surface area contributed by atoms with Crippen molar-refractivity contribution in [3.8, 4) is 45.5 Å². The van der Waals surface area contributed by atoms with Gasteiger partial charge in [-0.25, -0.2) is 9.97 Å². The summed E-state index contributed by atoms with van der Waals surface area (Å²) in [7, 11) is 0. The molecule has 0 radical (unpaired) electrons. The third-order valence-electron chi connectivity index (χ3n) is 11.3. The molecule has 0 N–H and O–H groups in total. The van der Waals surface area contributed by atoms with E-state index in [2.05, 4.69) is 147 Å². The maximum absolute atomic E-state index is 9.87. The van der Waals surface area contributed by atoms with Gasteiger partial charge in [0, 0.05) is 33.0 Å². The molecule has 4 nitrogen and oxygen atoms in total. The van der Waals surface area contributed by atoms with E-state index >= 15 is 0 Å². The van der Waals surface area contributed by atoms with Crippen molar-refractivity contribution >= 4 is 33.0 Å². The number of aromatic nitrogens is 3. The molecule has 54 heavy (non-hydrogen) atoms. The lowest BCUT2D eigenvalue weighted by molar-refractivity contribution is 0.618. The molecule has 0 fully saturated rings. The van der Waals surface area contributed by atoms with Crippen molar-refractivity contribution in [2.45, 2.75) is 45.4 Å². The van der Waals surface area contributed by atoms with Crippen LogP contribution < -0.4 is 0 Å². The highest BCUT2D eigenvalue weighted by Crippen LogP contribution is 2.50. The van der Waals surface area contributed by atoms with Crippen molar-refractivity contribution in [1.29, 1.82) is 5.26 Å². The lowest BCUT2D eigenvalue weighted by Crippen LogP contribution is -2.17. The molecule has 2 aliphatic carbocycles. The van der Waals surface area contributed by atoms with Crippen molar-refractivity contribution < 1.29 is 0 Å². The number of hydrogen-bond acceptors (Lipinski definition) is 3. The summed E-state index contributed by atoms with van der Waals surface area (Å²) in [6.45, 7) is 11.2. The van der Waals surface area contributed by atoms with Gasteiger partial charge < -0.3 is 4.57 Å². The largest absolute Gasteiger partial charge is 0.309 e. The third-order valence-corrected chi connectivity index (χ3v) is 11.3. The van der Waals surface area contributed by atoms with E-state index in [1.54, 1.807) is 0 Å². The summed E-state index contributed by atoms with van der Waals surface area (Å²) in [4.78, 5) is 10.5. The molecule has 260 valence electrons. The number of hydrogen-bond donors (Lipinski definition) is 0. The van der Waals surface area contributed by atoms with E-state index < -0.39 is 0 Å². The Morgan fingerprint density at radius 3 is 2.31 bits per heavy atom. The van der Waals surface area contributed by atoms with Crippen LogP contribution in [0.2, 0.25) is 0 Å². The van der Waals surface area contributed by atoms with Gasteiger partial charge in [-0.1, -0.05) is 118 Å². The number of rotatable bonds is 7. The molecule has 0 unspecified atom stereocenters. The van der Waals surface area contributed by atoms with Crippen LogP contribution in [0.4, 0.5) is 0 Å². The van der Waals surface area contributed by atoms with Crippen LogP contribution >= 0.6 is 0 Å². The van der Waals surface area contributed by atoms with Gasteiger partial charge in [-0.05, 0) is 107 Å². The van der Waals surface area contributed by atoms with Crippen molar-refractivity contribution in [3.05, 3.63) is 174 Å². The smallest absolute Gasteiger partial charge is 0.160 e. The minimum atomic E-state index is -0.127. The second-order valence-corrected chi connectivity index (χ2v) is 14.8. The quantitative estimate of drug-likeness (QED) is 0.167. The van der Waals surface area contributed by atoms with E-state index in [9.17, 15) is 5.26 Å². The SMILES string of the molecule is C=CC1=C(CC)C(C)(C)c2cc3c(cc21)c1ccccc1n3-c1cc(-c2cccc(C#N)c2)cc(-c2nc(C3=CCCC=C3)cc(-c3ccccc3)n2)c1. The van der Waals surface area contributed by atoms with E-state index in [1.807, 2.05) is 30.3 Å². The molecule has 9 rings (SSSR count). The fourth-order valence-corrected chi connectivity index (χ4v) is 8.65. The van der Waals surface area contributed by atoms with Crippen LogP contribution in [-0.4, -0.2) is 14.5 Å². The second kappa shape index (κ2) is 13.1. The lowest BCUT2D eigenvalue weighted by atomic mass is 9.80. The van der Waals surface area contributed by atoms with Gasteiger partial charge in [0.05, 0.1) is 34.1 Å². The number of benzene rings is 5. The molecular weight excluding hydrogens is 657 g/mol. The summed E-state index contributed by atoms with van der Waals surface area (Å²) in [6.07, 6.45) is 11.7. The van der Waals surface area contributed by atoms with Crippen molar-refractivity contribution in [1.82, 2.24) is 14.5 Å². The first-order chi connectivity index (χ1) is 26.4. The minimum Gasteiger partial charge on any atom is -0.309 e. The molecule has 0 bridgehead atoms. The van der Waals surface area contributed by atoms with Gasteiger partial charge in [0.1, 0.15) is 0 Å². The Bertz CT molecular complexity index is 2800. The first-order valence-corrected chi connectivity index (χ1v) is 18.8. The van der Waals surface area contributed by atoms with Crippen molar-refractivity contribution in [3.63, 3.8) is 0 Å². The number of para-hydroxylation sites is 1. The van der Waals surface area contributed by atoms with Crippen LogP contribution in [0.3, 0.4) is 0 Å². The zero-order valence-electron chi connectivity index (χ0n) is 30.9. The Morgan fingerprint density at radius 1 is 0.759 bits per heavy atom. The summed E-state index contributed by atoms with van der Waals surface area (Å²) in [5, 5.41) is 12.3. The van der Waals surface area contributed by atoms with Crippen LogP contribution in [0.25, 0.3) is 72.4 Å². The van der Waals surface area contributed by atoms with Gasteiger partial charge in [-0.2, -0.15) is 5.26 Å². The summed E-state index contributed by atoms with van der Waals surface area (Å²) in [5.74, 6) is 0.654. The maximum Gasteiger partial charge on any atom is 0.160 e. The molecule has 7 aromatic rings. The minimum absolute atomic E-state index is 0.127. The predicted molar refractivity (Wildman–Crippen MR) is 224 cm³/mol. The molecule has 2 heterocycles. The van der Waals surface area contributed by atoms with E-state index in [0.717, 1.165) is 75.2 Å². The number of allylic oxidation sites excluding steroid dienone is 7. The first-order valence-electron chi connectivity index (χ1n) is 18.8.